The van der Waals surface area contributed by atoms with Gasteiger partial charge in [0.2, 0.25) is 11.8 Å². The Kier molecular flexibility index (Phi) is 6.29. The summed E-state index contributed by atoms with van der Waals surface area (Å²) in [5.74, 6) is 0.888. The quantitative estimate of drug-likeness (QED) is 0.668. The van der Waals surface area contributed by atoms with Gasteiger partial charge in [0.05, 0.1) is 5.41 Å². The number of carbonyl (C=O) groups excluding carboxylic acids is 2. The summed E-state index contributed by atoms with van der Waals surface area (Å²) in [5.41, 5.74) is 1.90. The van der Waals surface area contributed by atoms with Crippen molar-refractivity contribution in [1.29, 1.82) is 0 Å². The largest absolute Gasteiger partial charge is 0.355 e. The van der Waals surface area contributed by atoms with E-state index in [1.165, 1.54) is 25.0 Å². The van der Waals surface area contributed by atoms with E-state index >= 15 is 0 Å². The highest BCUT2D eigenvalue weighted by atomic mass is 35.5. The van der Waals surface area contributed by atoms with E-state index < -0.39 is 5.41 Å². The van der Waals surface area contributed by atoms with Gasteiger partial charge in [-0.25, -0.2) is 0 Å². The first kappa shape index (κ1) is 20.5. The number of hydrogen-bond acceptors (Lipinski definition) is 2. The lowest BCUT2D eigenvalue weighted by Gasteiger charge is -2.41. The zero-order chi connectivity index (χ0) is 20.3. The summed E-state index contributed by atoms with van der Waals surface area (Å²) in [7, 11) is 0. The molecule has 0 aromatic heterocycles. The van der Waals surface area contributed by atoms with E-state index in [0.717, 1.165) is 44.2 Å². The van der Waals surface area contributed by atoms with Crippen LogP contribution in [0.4, 0.5) is 0 Å². The van der Waals surface area contributed by atoms with Gasteiger partial charge < -0.3 is 10.2 Å². The molecule has 0 radical (unpaired) electrons. The fraction of sp³-hybridized carbons (Fsp3) is 0.583. The average molecular weight is 415 g/mol. The van der Waals surface area contributed by atoms with Gasteiger partial charge in [0, 0.05) is 30.2 Å². The molecule has 1 saturated carbocycles. The molecule has 1 saturated heterocycles. The molecule has 29 heavy (non-hydrogen) atoms. The van der Waals surface area contributed by atoms with Gasteiger partial charge in [0.1, 0.15) is 0 Å². The number of rotatable bonds is 6. The third-order valence-electron chi connectivity index (χ3n) is 6.97. The predicted molar refractivity (Wildman–Crippen MR) is 116 cm³/mol. The minimum absolute atomic E-state index is 0.0894. The number of hydrogen-bond donors (Lipinski definition) is 1. The van der Waals surface area contributed by atoms with Crippen LogP contribution in [0.1, 0.15) is 69.8 Å². The van der Waals surface area contributed by atoms with Gasteiger partial charge in [-0.1, -0.05) is 36.2 Å². The fourth-order valence-corrected chi connectivity index (χ4v) is 5.26. The van der Waals surface area contributed by atoms with E-state index in [-0.39, 0.29) is 11.8 Å². The fourth-order valence-electron chi connectivity index (χ4n) is 5.14. The second kappa shape index (κ2) is 8.91. The SMILES string of the molecule is O=C(CCCNC(=O)C1(c2ccc(Cl)cc2)CCC1)N1CCCC2CCCC=C21. The topological polar surface area (TPSA) is 49.4 Å². The highest BCUT2D eigenvalue weighted by molar-refractivity contribution is 6.30. The molecule has 1 N–H and O–H groups in total. The van der Waals surface area contributed by atoms with E-state index in [9.17, 15) is 9.59 Å². The Bertz CT molecular complexity index is 783. The van der Waals surface area contributed by atoms with Crippen molar-refractivity contribution in [3.63, 3.8) is 0 Å². The van der Waals surface area contributed by atoms with Gasteiger partial charge in [-0.3, -0.25) is 9.59 Å². The summed E-state index contributed by atoms with van der Waals surface area (Å²) in [6.45, 7) is 1.41. The molecule has 2 aliphatic carbocycles. The number of allylic oxidation sites excluding steroid dienone is 2. The van der Waals surface area contributed by atoms with Crippen molar-refractivity contribution >= 4 is 23.4 Å². The van der Waals surface area contributed by atoms with Crippen molar-refractivity contribution in [2.24, 2.45) is 5.92 Å². The molecule has 2 fully saturated rings. The zero-order valence-electron chi connectivity index (χ0n) is 17.1. The van der Waals surface area contributed by atoms with Crippen LogP contribution in [-0.4, -0.2) is 29.8 Å². The summed E-state index contributed by atoms with van der Waals surface area (Å²) in [6.07, 6.45) is 12.2. The lowest BCUT2D eigenvalue weighted by atomic mass is 9.64. The second-order valence-electron chi connectivity index (χ2n) is 8.75. The van der Waals surface area contributed by atoms with Crippen molar-refractivity contribution < 1.29 is 9.59 Å². The molecule has 1 atom stereocenters. The Morgan fingerprint density at radius 3 is 2.59 bits per heavy atom. The minimum Gasteiger partial charge on any atom is -0.355 e. The van der Waals surface area contributed by atoms with Crippen molar-refractivity contribution in [2.45, 2.75) is 69.6 Å². The molecule has 2 amide bonds. The van der Waals surface area contributed by atoms with E-state index in [4.69, 9.17) is 11.6 Å². The van der Waals surface area contributed by atoms with Crippen LogP contribution >= 0.6 is 11.6 Å². The van der Waals surface area contributed by atoms with Crippen molar-refractivity contribution in [3.05, 3.63) is 46.6 Å². The molecule has 1 aromatic rings. The number of amides is 2. The Morgan fingerprint density at radius 2 is 1.86 bits per heavy atom. The minimum atomic E-state index is -0.415. The molecular weight excluding hydrogens is 384 g/mol. The summed E-state index contributed by atoms with van der Waals surface area (Å²) in [4.78, 5) is 27.7. The molecule has 0 spiro atoms. The van der Waals surface area contributed by atoms with Crippen molar-refractivity contribution in [3.8, 4) is 0 Å². The smallest absolute Gasteiger partial charge is 0.230 e. The van der Waals surface area contributed by atoms with Crippen LogP contribution in [-0.2, 0) is 15.0 Å². The lowest BCUT2D eigenvalue weighted by Crippen LogP contribution is -2.49. The zero-order valence-corrected chi connectivity index (χ0v) is 17.8. The highest BCUT2D eigenvalue weighted by Gasteiger charge is 2.45. The number of halogens is 1. The standard InChI is InChI=1S/C24H31ClN2O2/c25-20-12-10-19(11-13-20)24(14-5-15-24)23(29)26-16-3-9-22(28)27-17-4-7-18-6-1-2-8-21(18)27/h8,10-13,18H,1-7,9,14-17H2,(H,26,29). The number of fused-ring (bicyclic) bond motifs is 1. The normalized spacial score (nSPS) is 22.9. The summed E-state index contributed by atoms with van der Waals surface area (Å²) >= 11 is 6.00. The molecule has 0 bridgehead atoms. The number of likely N-dealkylation sites (tertiary alicyclic amines) is 1. The first-order valence-corrected chi connectivity index (χ1v) is 11.5. The van der Waals surface area contributed by atoms with E-state index in [1.807, 2.05) is 29.2 Å². The molecular formula is C24H31ClN2O2. The molecule has 1 aromatic carbocycles. The number of nitrogens with one attached hydrogen (secondary N) is 1. The summed E-state index contributed by atoms with van der Waals surface area (Å²) < 4.78 is 0. The Hall–Kier alpha value is -1.81. The van der Waals surface area contributed by atoms with E-state index in [0.29, 0.717) is 30.3 Å². The van der Waals surface area contributed by atoms with E-state index in [2.05, 4.69) is 11.4 Å². The van der Waals surface area contributed by atoms with Crippen molar-refractivity contribution in [1.82, 2.24) is 10.2 Å². The van der Waals surface area contributed by atoms with E-state index in [1.54, 1.807) is 0 Å². The van der Waals surface area contributed by atoms with Gasteiger partial charge in [-0.2, -0.15) is 0 Å². The first-order valence-electron chi connectivity index (χ1n) is 11.1. The van der Waals surface area contributed by atoms with Crippen LogP contribution in [0, 0.1) is 5.92 Å². The summed E-state index contributed by atoms with van der Waals surface area (Å²) in [5, 5.41) is 3.79. The van der Waals surface area contributed by atoms with Crippen LogP contribution in [0.2, 0.25) is 5.02 Å². The van der Waals surface area contributed by atoms with Gasteiger partial charge in [-0.05, 0) is 75.0 Å². The molecule has 4 rings (SSSR count). The molecule has 1 heterocycles. The number of piperidine rings is 1. The van der Waals surface area contributed by atoms with Crippen LogP contribution in [0.5, 0.6) is 0 Å². The Balaban J connectivity index is 1.28. The Labute approximate surface area is 178 Å². The van der Waals surface area contributed by atoms with Gasteiger partial charge in [0.25, 0.3) is 0 Å². The molecule has 156 valence electrons. The second-order valence-corrected chi connectivity index (χ2v) is 9.18. The maximum atomic E-state index is 12.9. The van der Waals surface area contributed by atoms with Gasteiger partial charge >= 0.3 is 0 Å². The van der Waals surface area contributed by atoms with Gasteiger partial charge in [-0.15, -0.1) is 0 Å². The third-order valence-corrected chi connectivity index (χ3v) is 7.22. The number of nitrogens with zero attached hydrogens (tertiary/aromatic N) is 1. The van der Waals surface area contributed by atoms with Crippen LogP contribution < -0.4 is 5.32 Å². The molecule has 4 nitrogen and oxygen atoms in total. The molecule has 3 aliphatic rings. The highest BCUT2D eigenvalue weighted by Crippen LogP contribution is 2.44. The number of carbonyl (C=O) groups is 2. The summed E-state index contributed by atoms with van der Waals surface area (Å²) in [6, 6.07) is 7.65. The lowest BCUT2D eigenvalue weighted by molar-refractivity contribution is -0.132. The average Bonchev–Trinajstić information content (AvgIpc) is 2.71. The maximum absolute atomic E-state index is 12.9. The Morgan fingerprint density at radius 1 is 1.10 bits per heavy atom. The maximum Gasteiger partial charge on any atom is 0.230 e. The molecule has 1 unspecified atom stereocenters. The van der Waals surface area contributed by atoms with Crippen LogP contribution in [0.3, 0.4) is 0 Å². The van der Waals surface area contributed by atoms with Crippen LogP contribution in [0.15, 0.2) is 36.0 Å². The van der Waals surface area contributed by atoms with Gasteiger partial charge in [0.15, 0.2) is 0 Å². The third kappa shape index (κ3) is 4.23. The van der Waals surface area contributed by atoms with Crippen molar-refractivity contribution in [2.75, 3.05) is 13.1 Å². The molecule has 1 aliphatic heterocycles. The monoisotopic (exact) mass is 414 g/mol. The first-order chi connectivity index (χ1) is 14.1. The molecule has 5 heteroatoms. The van der Waals surface area contributed by atoms with Crippen LogP contribution in [0.25, 0.3) is 0 Å². The predicted octanol–water partition coefficient (Wildman–Crippen LogP) is 4.96. The number of benzene rings is 1.